The summed E-state index contributed by atoms with van der Waals surface area (Å²) in [7, 11) is 0. The second kappa shape index (κ2) is 5.65. The van der Waals surface area contributed by atoms with E-state index in [9.17, 15) is 4.79 Å². The van der Waals surface area contributed by atoms with Crippen LogP contribution in [0.5, 0.6) is 0 Å². The van der Waals surface area contributed by atoms with Gasteiger partial charge in [0.05, 0.1) is 11.2 Å². The maximum Gasteiger partial charge on any atom is 0.246 e. The maximum absolute atomic E-state index is 12.2. The second-order valence-corrected chi connectivity index (χ2v) is 6.02. The Balaban J connectivity index is 1.95. The number of hydrogen-bond acceptors (Lipinski definition) is 3. The minimum absolute atomic E-state index is 0.0945. The van der Waals surface area contributed by atoms with Crippen LogP contribution in [0, 0.1) is 11.8 Å². The van der Waals surface area contributed by atoms with Crippen molar-refractivity contribution in [1.29, 1.82) is 0 Å². The molecule has 0 aliphatic heterocycles. The van der Waals surface area contributed by atoms with E-state index in [1.807, 2.05) is 10.3 Å². The normalized spacial score (nSPS) is 22.7. The number of carbonyl (C=O) groups excluding carboxylic acids is 1. The van der Waals surface area contributed by atoms with Crippen LogP contribution in [0.3, 0.4) is 0 Å². The quantitative estimate of drug-likeness (QED) is 0.766. The van der Waals surface area contributed by atoms with Gasteiger partial charge in [-0.3, -0.25) is 4.79 Å². The molecule has 0 bridgehead atoms. The highest BCUT2D eigenvalue weighted by molar-refractivity contribution is 7.07. The van der Waals surface area contributed by atoms with Gasteiger partial charge < -0.3 is 4.90 Å². The molecular formula is C14H20N2OS. The van der Waals surface area contributed by atoms with Crippen molar-refractivity contribution >= 4 is 23.3 Å². The molecule has 1 heterocycles. The van der Waals surface area contributed by atoms with Crippen LogP contribution in [0.4, 0.5) is 0 Å². The van der Waals surface area contributed by atoms with Gasteiger partial charge in [-0.1, -0.05) is 6.92 Å². The first kappa shape index (κ1) is 13.3. The van der Waals surface area contributed by atoms with E-state index in [4.69, 9.17) is 0 Å². The van der Waals surface area contributed by atoms with Crippen molar-refractivity contribution in [2.75, 3.05) is 6.54 Å². The summed E-state index contributed by atoms with van der Waals surface area (Å²) in [5.41, 5.74) is 2.63. The lowest BCUT2D eigenvalue weighted by Gasteiger charge is -2.25. The Morgan fingerprint density at radius 1 is 1.67 bits per heavy atom. The van der Waals surface area contributed by atoms with Crippen LogP contribution in [0.15, 0.2) is 17.0 Å². The van der Waals surface area contributed by atoms with Crippen molar-refractivity contribution in [3.8, 4) is 0 Å². The molecule has 1 aliphatic rings. The molecule has 0 N–H and O–H groups in total. The molecule has 98 valence electrons. The average Bonchev–Trinajstić information content (AvgIpc) is 2.81. The smallest absolute Gasteiger partial charge is 0.246 e. The zero-order valence-electron chi connectivity index (χ0n) is 11.2. The lowest BCUT2D eigenvalue weighted by molar-refractivity contribution is -0.127. The van der Waals surface area contributed by atoms with Crippen LogP contribution in [-0.2, 0) is 4.79 Å². The molecular weight excluding hydrogens is 244 g/mol. The van der Waals surface area contributed by atoms with E-state index >= 15 is 0 Å². The summed E-state index contributed by atoms with van der Waals surface area (Å²) in [4.78, 5) is 18.3. The highest BCUT2D eigenvalue weighted by Gasteiger charge is 2.35. The zero-order valence-corrected chi connectivity index (χ0v) is 12.0. The van der Waals surface area contributed by atoms with Gasteiger partial charge in [0, 0.05) is 24.0 Å². The van der Waals surface area contributed by atoms with Gasteiger partial charge in [-0.2, -0.15) is 0 Å². The van der Waals surface area contributed by atoms with Crippen molar-refractivity contribution in [3.63, 3.8) is 0 Å². The van der Waals surface area contributed by atoms with Gasteiger partial charge in [0.25, 0.3) is 0 Å². The SMILES string of the molecule is CC1CC1CN(C(=O)/C=C/c1cscn1)C(C)C. The molecule has 2 unspecified atom stereocenters. The van der Waals surface area contributed by atoms with Crippen LogP contribution in [0.1, 0.15) is 32.9 Å². The third-order valence-electron chi connectivity index (χ3n) is 3.46. The van der Waals surface area contributed by atoms with Gasteiger partial charge in [0.15, 0.2) is 0 Å². The molecule has 1 aliphatic carbocycles. The predicted molar refractivity (Wildman–Crippen MR) is 75.3 cm³/mol. The number of carbonyl (C=O) groups is 1. The molecule has 0 aromatic carbocycles. The number of aromatic nitrogens is 1. The van der Waals surface area contributed by atoms with Crippen LogP contribution in [-0.4, -0.2) is 28.4 Å². The fourth-order valence-electron chi connectivity index (χ4n) is 2.02. The minimum Gasteiger partial charge on any atom is -0.336 e. The van der Waals surface area contributed by atoms with Crippen LogP contribution in [0.25, 0.3) is 6.08 Å². The second-order valence-electron chi connectivity index (χ2n) is 5.30. The minimum atomic E-state index is 0.0945. The van der Waals surface area contributed by atoms with E-state index in [0.29, 0.717) is 5.92 Å². The topological polar surface area (TPSA) is 33.2 Å². The number of hydrogen-bond donors (Lipinski definition) is 0. The maximum atomic E-state index is 12.2. The fourth-order valence-corrected chi connectivity index (χ4v) is 2.54. The highest BCUT2D eigenvalue weighted by atomic mass is 32.1. The summed E-state index contributed by atoms with van der Waals surface area (Å²) in [5, 5.41) is 1.94. The largest absolute Gasteiger partial charge is 0.336 e. The third-order valence-corrected chi connectivity index (χ3v) is 4.07. The van der Waals surface area contributed by atoms with E-state index in [2.05, 4.69) is 25.8 Å². The first-order chi connectivity index (χ1) is 8.58. The van der Waals surface area contributed by atoms with E-state index in [1.165, 1.54) is 17.8 Å². The highest BCUT2D eigenvalue weighted by Crippen LogP contribution is 2.38. The molecule has 1 amide bonds. The molecule has 0 spiro atoms. The fraction of sp³-hybridized carbons (Fsp3) is 0.571. The van der Waals surface area contributed by atoms with Gasteiger partial charge >= 0.3 is 0 Å². The van der Waals surface area contributed by atoms with E-state index in [1.54, 1.807) is 17.7 Å². The van der Waals surface area contributed by atoms with Crippen LogP contribution < -0.4 is 0 Å². The van der Waals surface area contributed by atoms with Gasteiger partial charge in [-0.25, -0.2) is 4.98 Å². The summed E-state index contributed by atoms with van der Waals surface area (Å²) in [6.45, 7) is 7.28. The van der Waals surface area contributed by atoms with Crippen molar-refractivity contribution < 1.29 is 4.79 Å². The van der Waals surface area contributed by atoms with Gasteiger partial charge in [0.1, 0.15) is 0 Å². The number of amides is 1. The Labute approximate surface area is 113 Å². The van der Waals surface area contributed by atoms with Gasteiger partial charge in [-0.15, -0.1) is 11.3 Å². The molecule has 0 radical (unpaired) electrons. The standard InChI is InChI=1S/C14H20N2OS/c1-10(2)16(7-12-6-11(12)3)14(17)5-4-13-8-18-9-15-13/h4-5,8-12H,6-7H2,1-3H3/b5-4+. The first-order valence-electron chi connectivity index (χ1n) is 6.44. The molecule has 0 saturated heterocycles. The van der Waals surface area contributed by atoms with Crippen molar-refractivity contribution in [3.05, 3.63) is 22.7 Å². The molecule has 3 nitrogen and oxygen atoms in total. The van der Waals surface area contributed by atoms with E-state index in [0.717, 1.165) is 18.2 Å². The predicted octanol–water partition coefficient (Wildman–Crippen LogP) is 3.05. The number of rotatable bonds is 5. The van der Waals surface area contributed by atoms with Gasteiger partial charge in [-0.05, 0) is 38.2 Å². The average molecular weight is 264 g/mol. The lowest BCUT2D eigenvalue weighted by atomic mass is 10.2. The molecule has 4 heteroatoms. The van der Waals surface area contributed by atoms with Crippen LogP contribution >= 0.6 is 11.3 Å². The Morgan fingerprint density at radius 3 is 2.89 bits per heavy atom. The first-order valence-corrected chi connectivity index (χ1v) is 7.39. The number of nitrogens with zero attached hydrogens (tertiary/aromatic N) is 2. The Kier molecular flexibility index (Phi) is 4.17. The summed E-state index contributed by atoms with van der Waals surface area (Å²) in [5.74, 6) is 1.57. The summed E-state index contributed by atoms with van der Waals surface area (Å²) in [6.07, 6.45) is 4.69. The van der Waals surface area contributed by atoms with Crippen molar-refractivity contribution in [1.82, 2.24) is 9.88 Å². The molecule has 1 saturated carbocycles. The Hall–Kier alpha value is -1.16. The van der Waals surface area contributed by atoms with E-state index in [-0.39, 0.29) is 11.9 Å². The van der Waals surface area contributed by atoms with Crippen molar-refractivity contribution in [2.24, 2.45) is 11.8 Å². The van der Waals surface area contributed by atoms with Crippen molar-refractivity contribution in [2.45, 2.75) is 33.2 Å². The van der Waals surface area contributed by atoms with Crippen LogP contribution in [0.2, 0.25) is 0 Å². The Bertz CT molecular complexity index is 425. The Morgan fingerprint density at radius 2 is 2.39 bits per heavy atom. The molecule has 1 fully saturated rings. The molecule has 18 heavy (non-hydrogen) atoms. The molecule has 1 aromatic rings. The molecule has 1 aromatic heterocycles. The van der Waals surface area contributed by atoms with Gasteiger partial charge in [0.2, 0.25) is 5.91 Å². The third kappa shape index (κ3) is 3.42. The zero-order chi connectivity index (χ0) is 13.1. The molecule has 2 rings (SSSR count). The monoisotopic (exact) mass is 264 g/mol. The van der Waals surface area contributed by atoms with E-state index < -0.39 is 0 Å². The summed E-state index contributed by atoms with van der Waals surface area (Å²) >= 11 is 1.54. The number of thiazole rings is 1. The lowest BCUT2D eigenvalue weighted by Crippen LogP contribution is -2.37. The summed E-state index contributed by atoms with van der Waals surface area (Å²) in [6, 6.07) is 0.255. The summed E-state index contributed by atoms with van der Waals surface area (Å²) < 4.78 is 0. The molecule has 2 atom stereocenters.